The minimum atomic E-state index is -0.634. The van der Waals surface area contributed by atoms with Crippen molar-refractivity contribution < 1.29 is 13.9 Å². The number of methoxy groups -OCH3 is 1. The highest BCUT2D eigenvalue weighted by molar-refractivity contribution is 5.84. The third-order valence-corrected chi connectivity index (χ3v) is 6.87. The Bertz CT molecular complexity index is 1260. The minimum absolute atomic E-state index is 0.107. The maximum absolute atomic E-state index is 14.4. The molecular weight excluding hydrogens is 439 g/mol. The zero-order valence-electron chi connectivity index (χ0n) is 19.7. The van der Waals surface area contributed by atoms with Gasteiger partial charge in [-0.1, -0.05) is 0 Å². The topological polar surface area (TPSA) is 111 Å². The Labute approximate surface area is 196 Å². The van der Waals surface area contributed by atoms with Crippen molar-refractivity contribution in [1.82, 2.24) is 35.1 Å². The molecule has 5 heterocycles. The van der Waals surface area contributed by atoms with Crippen molar-refractivity contribution in [1.29, 1.82) is 0 Å². The Morgan fingerprint density at radius 1 is 1.32 bits per heavy atom. The molecule has 11 heteroatoms. The molecule has 1 fully saturated rings. The highest BCUT2D eigenvalue weighted by atomic mass is 19.1. The molecule has 0 saturated carbocycles. The molecule has 10 nitrogen and oxygen atoms in total. The van der Waals surface area contributed by atoms with E-state index < -0.39 is 11.7 Å². The summed E-state index contributed by atoms with van der Waals surface area (Å²) in [7, 11) is 3.20. The van der Waals surface area contributed by atoms with Gasteiger partial charge in [0.15, 0.2) is 0 Å². The van der Waals surface area contributed by atoms with Crippen molar-refractivity contribution in [3.8, 4) is 17.3 Å². The molecule has 1 spiro atoms. The van der Waals surface area contributed by atoms with E-state index in [1.54, 1.807) is 14.0 Å². The van der Waals surface area contributed by atoms with Crippen LogP contribution in [0.4, 0.5) is 10.2 Å². The van der Waals surface area contributed by atoms with E-state index in [1.807, 2.05) is 11.8 Å². The van der Waals surface area contributed by atoms with Gasteiger partial charge >= 0.3 is 0 Å². The van der Waals surface area contributed by atoms with Gasteiger partial charge in [-0.2, -0.15) is 4.80 Å². The zero-order chi connectivity index (χ0) is 24.0. The van der Waals surface area contributed by atoms with Gasteiger partial charge < -0.3 is 15.0 Å². The standard InChI is InChI=1S/C23H27FN8O2/c1-13(16-10-19(34-4)25-11-18(16)24)22(33)32-8-7-23(12-32)6-5-15-9-17(14(2)26-20(15)27-23)21-28-30-31(3)29-21/h9-11,13H,5-8,12H2,1-4H3,(H,26,27). The number of hydrogen-bond acceptors (Lipinski definition) is 8. The van der Waals surface area contributed by atoms with Gasteiger partial charge in [-0.05, 0) is 50.0 Å². The summed E-state index contributed by atoms with van der Waals surface area (Å²) in [6.07, 6.45) is 3.60. The quantitative estimate of drug-likeness (QED) is 0.623. The van der Waals surface area contributed by atoms with E-state index in [-0.39, 0.29) is 17.3 Å². The highest BCUT2D eigenvalue weighted by Crippen LogP contribution is 2.38. The SMILES string of the molecule is COc1cc(C(C)C(=O)N2CCC3(CCc4cc(-c5nnn(C)n5)c(C)nc4N3)C2)c(F)cn1. The maximum Gasteiger partial charge on any atom is 0.230 e. The number of aryl methyl sites for hydroxylation is 3. The second kappa shape index (κ2) is 8.30. The average Bonchev–Trinajstić information content (AvgIpc) is 3.44. The predicted molar refractivity (Wildman–Crippen MR) is 122 cm³/mol. The number of amides is 1. The van der Waals surface area contributed by atoms with Gasteiger partial charge in [-0.15, -0.1) is 10.2 Å². The van der Waals surface area contributed by atoms with Crippen LogP contribution in [0.15, 0.2) is 18.3 Å². The summed E-state index contributed by atoms with van der Waals surface area (Å²) >= 11 is 0. The molecule has 3 aromatic heterocycles. The molecule has 2 aliphatic heterocycles. The largest absolute Gasteiger partial charge is 0.481 e. The lowest BCUT2D eigenvalue weighted by Crippen LogP contribution is -2.46. The second-order valence-corrected chi connectivity index (χ2v) is 9.12. The number of tetrazole rings is 1. The molecule has 0 bridgehead atoms. The van der Waals surface area contributed by atoms with E-state index in [1.165, 1.54) is 18.0 Å². The fraction of sp³-hybridized carbons (Fsp3) is 0.478. The number of nitrogens with zero attached hydrogens (tertiary/aromatic N) is 7. The Kier molecular flexibility index (Phi) is 5.41. The van der Waals surface area contributed by atoms with Crippen LogP contribution >= 0.6 is 0 Å². The molecule has 0 aromatic carbocycles. The lowest BCUT2D eigenvalue weighted by atomic mass is 9.86. The van der Waals surface area contributed by atoms with Gasteiger partial charge in [0.05, 0.1) is 37.5 Å². The van der Waals surface area contributed by atoms with E-state index in [2.05, 4.69) is 31.8 Å². The van der Waals surface area contributed by atoms with Crippen LogP contribution in [0.5, 0.6) is 5.88 Å². The number of halogens is 1. The molecule has 178 valence electrons. The van der Waals surface area contributed by atoms with E-state index in [0.717, 1.165) is 48.1 Å². The summed E-state index contributed by atoms with van der Waals surface area (Å²) in [4.78, 5) is 25.2. The maximum atomic E-state index is 14.4. The molecule has 1 N–H and O–H groups in total. The molecule has 3 aromatic rings. The van der Waals surface area contributed by atoms with Gasteiger partial charge in [-0.3, -0.25) is 4.79 Å². The normalized spacial score (nSPS) is 20.2. The molecule has 1 amide bonds. The number of likely N-dealkylation sites (tertiary alicyclic amines) is 1. The number of nitrogens with one attached hydrogen (secondary N) is 1. The van der Waals surface area contributed by atoms with Gasteiger partial charge in [0.25, 0.3) is 0 Å². The zero-order valence-corrected chi connectivity index (χ0v) is 19.7. The molecule has 1 saturated heterocycles. The molecular formula is C23H27FN8O2. The fourth-order valence-electron chi connectivity index (χ4n) is 4.90. The van der Waals surface area contributed by atoms with E-state index in [0.29, 0.717) is 24.5 Å². The molecule has 2 unspecified atom stereocenters. The molecule has 2 aliphatic rings. The van der Waals surface area contributed by atoms with Crippen molar-refractivity contribution in [2.75, 3.05) is 25.5 Å². The average molecular weight is 467 g/mol. The number of fused-ring (bicyclic) bond motifs is 1. The van der Waals surface area contributed by atoms with Crippen molar-refractivity contribution in [3.05, 3.63) is 41.0 Å². The number of ether oxygens (including phenoxy) is 1. The number of anilines is 1. The summed E-state index contributed by atoms with van der Waals surface area (Å²) in [5.74, 6) is 0.436. The van der Waals surface area contributed by atoms with Gasteiger partial charge in [-0.25, -0.2) is 14.4 Å². The summed E-state index contributed by atoms with van der Waals surface area (Å²) in [6.45, 7) is 4.81. The third-order valence-electron chi connectivity index (χ3n) is 6.87. The summed E-state index contributed by atoms with van der Waals surface area (Å²) in [5, 5.41) is 16.0. The van der Waals surface area contributed by atoms with Crippen molar-refractivity contribution in [2.24, 2.45) is 7.05 Å². The molecule has 0 radical (unpaired) electrons. The Morgan fingerprint density at radius 2 is 2.15 bits per heavy atom. The van der Waals surface area contributed by atoms with Crippen LogP contribution < -0.4 is 10.1 Å². The van der Waals surface area contributed by atoms with Crippen molar-refractivity contribution in [3.63, 3.8) is 0 Å². The Hall–Kier alpha value is -3.63. The van der Waals surface area contributed by atoms with Crippen LogP contribution in [-0.4, -0.2) is 66.7 Å². The van der Waals surface area contributed by atoms with Gasteiger partial charge in [0.2, 0.25) is 17.6 Å². The van der Waals surface area contributed by atoms with Crippen molar-refractivity contribution >= 4 is 11.7 Å². The lowest BCUT2D eigenvalue weighted by molar-refractivity contribution is -0.131. The summed E-state index contributed by atoms with van der Waals surface area (Å²) in [6, 6.07) is 3.57. The number of aromatic nitrogens is 6. The first-order valence-electron chi connectivity index (χ1n) is 11.3. The fourth-order valence-corrected chi connectivity index (χ4v) is 4.90. The monoisotopic (exact) mass is 466 g/mol. The van der Waals surface area contributed by atoms with Crippen molar-refractivity contribution in [2.45, 2.75) is 44.6 Å². The Morgan fingerprint density at radius 3 is 2.88 bits per heavy atom. The first-order valence-corrected chi connectivity index (χ1v) is 11.3. The minimum Gasteiger partial charge on any atom is -0.481 e. The third kappa shape index (κ3) is 3.84. The number of hydrogen-bond donors (Lipinski definition) is 1. The van der Waals surface area contributed by atoms with Crippen LogP contribution in [0.3, 0.4) is 0 Å². The molecule has 2 atom stereocenters. The second-order valence-electron chi connectivity index (χ2n) is 9.12. The number of carbonyl (C=O) groups excluding carboxylic acids is 1. The van der Waals surface area contributed by atoms with Crippen LogP contribution in [-0.2, 0) is 18.3 Å². The van der Waals surface area contributed by atoms with E-state index >= 15 is 0 Å². The summed E-state index contributed by atoms with van der Waals surface area (Å²) < 4.78 is 19.5. The summed E-state index contributed by atoms with van der Waals surface area (Å²) in [5.41, 5.74) is 2.84. The molecule has 34 heavy (non-hydrogen) atoms. The highest BCUT2D eigenvalue weighted by Gasteiger charge is 2.43. The molecule has 0 aliphatic carbocycles. The van der Waals surface area contributed by atoms with Crippen LogP contribution in [0, 0.1) is 12.7 Å². The van der Waals surface area contributed by atoms with Crippen LogP contribution in [0.2, 0.25) is 0 Å². The lowest BCUT2D eigenvalue weighted by Gasteiger charge is -2.36. The number of carbonyl (C=O) groups is 1. The van der Waals surface area contributed by atoms with E-state index in [9.17, 15) is 9.18 Å². The van der Waals surface area contributed by atoms with Crippen LogP contribution in [0.25, 0.3) is 11.4 Å². The number of rotatable bonds is 4. The van der Waals surface area contributed by atoms with Gasteiger partial charge in [0.1, 0.15) is 11.6 Å². The van der Waals surface area contributed by atoms with Gasteiger partial charge in [0, 0.05) is 30.3 Å². The van der Waals surface area contributed by atoms with Crippen LogP contribution in [0.1, 0.15) is 42.5 Å². The first-order chi connectivity index (χ1) is 16.3. The van der Waals surface area contributed by atoms with E-state index in [4.69, 9.17) is 9.72 Å². The number of pyridine rings is 2. The smallest absolute Gasteiger partial charge is 0.230 e. The predicted octanol–water partition coefficient (Wildman–Crippen LogP) is 2.26. The first kappa shape index (κ1) is 22.2. The molecule has 5 rings (SSSR count). The Balaban J connectivity index is 1.33.